The highest BCUT2D eigenvalue weighted by Crippen LogP contribution is 2.41. The molecule has 0 aliphatic rings. The van der Waals surface area contributed by atoms with Crippen LogP contribution in [-0.2, 0) is 48.6 Å². The number of hydrogen-bond acceptors (Lipinski definition) is 2. The van der Waals surface area contributed by atoms with Crippen LogP contribution in [0.2, 0.25) is 0 Å². The molecule has 3 aromatic rings. The van der Waals surface area contributed by atoms with Crippen LogP contribution < -0.4 is 15.9 Å². The number of benzene rings is 3. The van der Waals surface area contributed by atoms with E-state index in [1.165, 1.54) is 193 Å². The fourth-order valence-electron chi connectivity index (χ4n) is 8.72. The third-order valence-electron chi connectivity index (χ3n) is 12.2. The molecule has 0 saturated heterocycles. The Morgan fingerprint density at radius 2 is 0.683 bits per heavy atom. The van der Waals surface area contributed by atoms with E-state index in [0.717, 1.165) is 0 Å². The lowest BCUT2D eigenvalue weighted by molar-refractivity contribution is -0.0510. The van der Waals surface area contributed by atoms with Crippen molar-refractivity contribution in [3.05, 3.63) is 88.0 Å². The summed E-state index contributed by atoms with van der Waals surface area (Å²) in [6, 6.07) is 23.0. The van der Waals surface area contributed by atoms with Crippen molar-refractivity contribution in [2.24, 2.45) is 0 Å². The zero-order chi connectivity index (χ0) is 46.4. The molecule has 0 radical (unpaired) electrons. The first-order valence-corrected chi connectivity index (χ1v) is 28.3. The highest BCUT2D eigenvalue weighted by atomic mass is 32.2. The van der Waals surface area contributed by atoms with Crippen LogP contribution in [0.5, 0.6) is 0 Å². The lowest BCUT2D eigenvalue weighted by atomic mass is 9.94. The van der Waals surface area contributed by atoms with Gasteiger partial charge in [-0.2, -0.15) is 21.6 Å². The summed E-state index contributed by atoms with van der Waals surface area (Å²) >= 11 is 0. The van der Waals surface area contributed by atoms with Gasteiger partial charge in [-0.1, -0.05) is 212 Å². The predicted molar refractivity (Wildman–Crippen MR) is 270 cm³/mol. The van der Waals surface area contributed by atoms with Crippen molar-refractivity contribution in [2.45, 2.75) is 240 Å². The van der Waals surface area contributed by atoms with E-state index >= 15 is 0 Å². The van der Waals surface area contributed by atoms with Gasteiger partial charge in [0.25, 0.3) is 0 Å². The Kier molecular flexibility index (Phi) is 30.1. The first kappa shape index (κ1) is 56.9. The van der Waals surface area contributed by atoms with Crippen LogP contribution in [0.1, 0.15) is 229 Å². The summed E-state index contributed by atoms with van der Waals surface area (Å²) < 4.78 is 57.5. The van der Waals surface area contributed by atoms with Crippen LogP contribution in [0.4, 0.5) is 13.2 Å². The molecule has 0 unspecified atom stereocenters. The largest absolute Gasteiger partial charge is 0.522 e. The van der Waals surface area contributed by atoms with E-state index in [9.17, 15) is 13.2 Å². The Labute approximate surface area is 386 Å². The van der Waals surface area contributed by atoms with Gasteiger partial charge in [0, 0.05) is 0 Å². The average Bonchev–Trinajstić information content (AvgIpc) is 3.25. The molecule has 0 aromatic heterocycles. The monoisotopic (exact) mass is 917 g/mol. The molecule has 0 amide bonds. The summed E-state index contributed by atoms with van der Waals surface area (Å²) in [5.41, 5.74) is 4.56. The Balaban J connectivity index is 0.00000155. The molecule has 3 rings (SSSR count). The fourth-order valence-corrected chi connectivity index (χ4v) is 11.8. The normalized spacial score (nSPS) is 11.9. The highest BCUT2D eigenvalue weighted by Gasteiger charge is 2.44. The van der Waals surface area contributed by atoms with Crippen molar-refractivity contribution >= 4 is 34.0 Å². The molecular formula is C55H88F3O3PS. The zero-order valence-electron chi connectivity index (χ0n) is 40.7. The second-order valence-corrected chi connectivity index (χ2v) is 21.5. The summed E-state index contributed by atoms with van der Waals surface area (Å²) in [4.78, 5) is 0. The van der Waals surface area contributed by atoms with Crippen LogP contribution in [0.15, 0.2) is 54.6 Å². The summed E-state index contributed by atoms with van der Waals surface area (Å²) in [6.07, 6.45) is 39.4. The molecule has 8 heteroatoms. The lowest BCUT2D eigenvalue weighted by Gasteiger charge is -2.31. The molecule has 0 bridgehead atoms. The van der Waals surface area contributed by atoms with Crippen molar-refractivity contribution in [1.82, 2.24) is 0 Å². The summed E-state index contributed by atoms with van der Waals surface area (Å²) in [5.74, 6) is 0. The molecular weight excluding hydrogens is 829 g/mol. The quantitative estimate of drug-likeness (QED) is 0.0287. The average molecular weight is 917 g/mol. The molecule has 1 N–H and O–H groups in total. The van der Waals surface area contributed by atoms with Gasteiger partial charge in [-0.15, -0.1) is 0 Å². The van der Waals surface area contributed by atoms with Gasteiger partial charge in [-0.05, 0) is 134 Å². The molecule has 63 heavy (non-hydrogen) atoms. The summed E-state index contributed by atoms with van der Waals surface area (Å²) in [6.45, 7) is 14.1. The van der Waals surface area contributed by atoms with E-state index in [1.54, 1.807) is 49.3 Å². The van der Waals surface area contributed by atoms with Gasteiger partial charge < -0.3 is 0 Å². The van der Waals surface area contributed by atoms with Crippen LogP contribution in [0.3, 0.4) is 0 Å². The van der Waals surface area contributed by atoms with E-state index < -0.39 is 23.5 Å². The molecule has 358 valence electrons. The minimum atomic E-state index is -5.84. The molecule has 0 fully saturated rings. The minimum Gasteiger partial charge on any atom is -0.279 e. The summed E-state index contributed by atoms with van der Waals surface area (Å²) in [7, 11) is -6.53. The Morgan fingerprint density at radius 1 is 0.429 bits per heavy atom. The molecule has 3 nitrogen and oxygen atoms in total. The number of aryl methyl sites for hydroxylation is 6. The van der Waals surface area contributed by atoms with E-state index in [4.69, 9.17) is 13.0 Å². The second kappa shape index (κ2) is 33.3. The highest BCUT2D eigenvalue weighted by molar-refractivity contribution is 7.86. The number of alkyl halides is 3. The van der Waals surface area contributed by atoms with Crippen LogP contribution in [0, 0.1) is 0 Å². The number of unbranched alkanes of at least 4 members (excludes halogenated alkanes) is 18. The van der Waals surface area contributed by atoms with Crippen molar-refractivity contribution in [3.8, 4) is 0 Å². The molecule has 0 heterocycles. The Hall–Kier alpha value is -2.21. The summed E-state index contributed by atoms with van der Waals surface area (Å²) in [5, 5.41) is 5.12. The maximum absolute atomic E-state index is 10.7. The van der Waals surface area contributed by atoms with Gasteiger partial charge in [-0.25, -0.2) is 0 Å². The Bertz CT molecular complexity index is 1590. The first-order chi connectivity index (χ1) is 30.4. The van der Waals surface area contributed by atoms with Crippen molar-refractivity contribution in [3.63, 3.8) is 0 Å². The first-order valence-electron chi connectivity index (χ1n) is 25.5. The molecule has 0 aliphatic heterocycles. The number of rotatable bonds is 33. The van der Waals surface area contributed by atoms with Crippen molar-refractivity contribution in [1.29, 1.82) is 0 Å². The molecule has 0 aliphatic carbocycles. The van der Waals surface area contributed by atoms with Crippen LogP contribution in [-0.4, -0.2) is 18.5 Å². The van der Waals surface area contributed by atoms with Gasteiger partial charge >= 0.3 is 15.6 Å². The molecule has 0 saturated carbocycles. The number of halogens is 3. The second-order valence-electron chi connectivity index (χ2n) is 18.0. The third kappa shape index (κ3) is 22.2. The van der Waals surface area contributed by atoms with Crippen LogP contribution >= 0.6 is 7.92 Å². The van der Waals surface area contributed by atoms with Gasteiger partial charge in [-0.3, -0.25) is 4.55 Å². The van der Waals surface area contributed by atoms with Gasteiger partial charge in [0.1, 0.15) is 0 Å². The van der Waals surface area contributed by atoms with E-state index in [2.05, 4.69) is 96.1 Å². The predicted octanol–water partition coefficient (Wildman–Crippen LogP) is 16.6. The van der Waals surface area contributed by atoms with Gasteiger partial charge in [0.2, 0.25) is 0 Å². The van der Waals surface area contributed by atoms with Gasteiger partial charge in [0.05, 0.1) is 0 Å². The number of hydrogen-bond donors (Lipinski definition) is 1. The topological polar surface area (TPSA) is 54.4 Å². The van der Waals surface area contributed by atoms with Crippen molar-refractivity contribution in [2.75, 3.05) is 0 Å². The molecule has 0 atom stereocenters. The Morgan fingerprint density at radius 3 is 0.921 bits per heavy atom. The molecule has 3 aromatic carbocycles. The standard InChI is InChI=1S/C54H87P.CHF3O3S/c1-7-13-19-26-34-46-42-48(36-28-21-15-9-3)53(49(43-46)37-29-22-16-10-4)55(52-40-32-25-33-41-52)54-50(38-30-23-17-11-5)44-47(35-27-20-14-8-2)45-51(54)39-31-24-18-12-6;2-1(3,4)8(5,6)7/h25,32-33,40-45H,7-24,26-31,34-39H2,1-6H3;(H,5,6,7). The van der Waals surface area contributed by atoms with E-state index in [0.29, 0.717) is 0 Å². The smallest absolute Gasteiger partial charge is 0.279 e. The lowest BCUT2D eigenvalue weighted by Crippen LogP contribution is -2.31. The van der Waals surface area contributed by atoms with Crippen molar-refractivity contribution < 1.29 is 26.1 Å². The van der Waals surface area contributed by atoms with Gasteiger partial charge in [0.15, 0.2) is 0 Å². The molecule has 0 spiro atoms. The minimum absolute atomic E-state index is 0.689. The third-order valence-corrected chi connectivity index (χ3v) is 15.7. The maximum Gasteiger partial charge on any atom is 0.522 e. The maximum atomic E-state index is 10.7. The van der Waals surface area contributed by atoms with E-state index in [1.807, 2.05) is 0 Å². The van der Waals surface area contributed by atoms with E-state index in [-0.39, 0.29) is 0 Å². The zero-order valence-corrected chi connectivity index (χ0v) is 42.4. The SMILES string of the molecule is CCCCCCc1cc(CCCCCC)c(P(c2ccccc2)c2c(CCCCCC)cc(CCCCCC)cc2CCCCCC)c(CCCCCC)c1.O=S(=O)(O)C(F)(F)F. The fraction of sp³-hybridized carbons (Fsp3) is 0.673. The van der Waals surface area contributed by atoms with Crippen LogP contribution in [0.25, 0.3) is 0 Å².